The Bertz CT molecular complexity index is 495. The van der Waals surface area contributed by atoms with Crippen molar-refractivity contribution in [3.8, 4) is 0 Å². The molecule has 0 amide bonds. The molecule has 0 aromatic carbocycles. The number of likely N-dealkylation sites (tertiary alicyclic amines) is 1. The molecule has 6 heteroatoms. The van der Waals surface area contributed by atoms with E-state index in [2.05, 4.69) is 46.5 Å². The van der Waals surface area contributed by atoms with E-state index in [9.17, 15) is 0 Å². The van der Waals surface area contributed by atoms with Crippen LogP contribution in [-0.2, 0) is 13.0 Å². The first-order chi connectivity index (χ1) is 11.7. The number of nitrogens with one attached hydrogen (secondary N) is 2. The Hall–Kier alpha value is -0.340. The Kier molecular flexibility index (Phi) is 11.7. The standard InChI is InChI=1S/C19H34N4S.HI/c1-4-17-7-8-18(24-17)15-22-19(20-3)21-11-5-6-12-23-13-9-16(2)10-14-23;/h7-8,16H,4-6,9-15H2,1-3H3,(H2,20,21,22);1H. The van der Waals surface area contributed by atoms with Gasteiger partial charge in [-0.1, -0.05) is 13.8 Å². The van der Waals surface area contributed by atoms with Crippen molar-refractivity contribution >= 4 is 41.3 Å². The molecular weight excluding hydrogens is 443 g/mol. The summed E-state index contributed by atoms with van der Waals surface area (Å²) in [4.78, 5) is 9.75. The van der Waals surface area contributed by atoms with Crippen molar-refractivity contribution in [3.05, 3.63) is 21.9 Å². The predicted molar refractivity (Wildman–Crippen MR) is 121 cm³/mol. The maximum absolute atomic E-state index is 4.31. The first kappa shape index (κ1) is 22.7. The summed E-state index contributed by atoms with van der Waals surface area (Å²) in [7, 11) is 1.84. The third-order valence-electron chi connectivity index (χ3n) is 4.79. The van der Waals surface area contributed by atoms with Crippen molar-refractivity contribution < 1.29 is 0 Å². The molecular formula is C19H35IN4S. The number of thiophene rings is 1. The molecule has 1 aromatic heterocycles. The van der Waals surface area contributed by atoms with Crippen molar-refractivity contribution in [2.75, 3.05) is 33.2 Å². The van der Waals surface area contributed by atoms with Gasteiger partial charge < -0.3 is 15.5 Å². The monoisotopic (exact) mass is 478 g/mol. The molecule has 1 fully saturated rings. The van der Waals surface area contributed by atoms with Gasteiger partial charge in [0.05, 0.1) is 6.54 Å². The van der Waals surface area contributed by atoms with E-state index in [1.807, 2.05) is 18.4 Å². The van der Waals surface area contributed by atoms with Crippen LogP contribution in [0.5, 0.6) is 0 Å². The zero-order chi connectivity index (χ0) is 17.2. The highest BCUT2D eigenvalue weighted by Crippen LogP contribution is 2.17. The molecule has 1 aliphatic heterocycles. The van der Waals surface area contributed by atoms with Crippen molar-refractivity contribution in [2.24, 2.45) is 10.9 Å². The zero-order valence-electron chi connectivity index (χ0n) is 16.0. The lowest BCUT2D eigenvalue weighted by Crippen LogP contribution is -2.37. The lowest BCUT2D eigenvalue weighted by Gasteiger charge is -2.30. The second-order valence-electron chi connectivity index (χ2n) is 6.81. The van der Waals surface area contributed by atoms with Crippen molar-refractivity contribution in [1.82, 2.24) is 15.5 Å². The van der Waals surface area contributed by atoms with Gasteiger partial charge in [0.15, 0.2) is 5.96 Å². The van der Waals surface area contributed by atoms with Gasteiger partial charge in [-0.05, 0) is 69.8 Å². The smallest absolute Gasteiger partial charge is 0.191 e. The molecule has 2 heterocycles. The Balaban J connectivity index is 0.00000312. The summed E-state index contributed by atoms with van der Waals surface area (Å²) >= 11 is 1.88. The Morgan fingerprint density at radius 2 is 1.92 bits per heavy atom. The van der Waals surface area contributed by atoms with E-state index in [-0.39, 0.29) is 24.0 Å². The number of unbranched alkanes of at least 4 members (excludes halogenated alkanes) is 1. The summed E-state index contributed by atoms with van der Waals surface area (Å²) in [5.41, 5.74) is 0. The number of aryl methyl sites for hydroxylation is 1. The molecule has 0 spiro atoms. The summed E-state index contributed by atoms with van der Waals surface area (Å²) in [5.74, 6) is 1.84. The van der Waals surface area contributed by atoms with Crippen LogP contribution in [0.1, 0.15) is 49.3 Å². The van der Waals surface area contributed by atoms with Gasteiger partial charge >= 0.3 is 0 Å². The fourth-order valence-corrected chi connectivity index (χ4v) is 3.95. The van der Waals surface area contributed by atoms with Crippen LogP contribution in [0.4, 0.5) is 0 Å². The SMILES string of the molecule is CCc1ccc(CNC(=NC)NCCCCN2CCC(C)CC2)s1.I. The van der Waals surface area contributed by atoms with Crippen LogP contribution in [0.2, 0.25) is 0 Å². The number of guanidine groups is 1. The van der Waals surface area contributed by atoms with Gasteiger partial charge in [-0.3, -0.25) is 4.99 Å². The van der Waals surface area contributed by atoms with Crippen LogP contribution in [0, 0.1) is 5.92 Å². The van der Waals surface area contributed by atoms with Crippen LogP contribution in [0.25, 0.3) is 0 Å². The molecule has 1 aromatic rings. The molecule has 0 unspecified atom stereocenters. The molecule has 0 bridgehead atoms. The van der Waals surface area contributed by atoms with E-state index < -0.39 is 0 Å². The van der Waals surface area contributed by atoms with Crippen LogP contribution in [0.3, 0.4) is 0 Å². The molecule has 0 atom stereocenters. The first-order valence-corrected chi connectivity index (χ1v) is 10.3. The highest BCUT2D eigenvalue weighted by molar-refractivity contribution is 14.0. The van der Waals surface area contributed by atoms with Gasteiger partial charge in [0.1, 0.15) is 0 Å². The second kappa shape index (κ2) is 12.9. The van der Waals surface area contributed by atoms with Gasteiger partial charge in [-0.2, -0.15) is 0 Å². The molecule has 1 aliphatic rings. The third-order valence-corrected chi connectivity index (χ3v) is 6.02. The Morgan fingerprint density at radius 1 is 1.20 bits per heavy atom. The summed E-state index contributed by atoms with van der Waals surface area (Å²) < 4.78 is 0. The van der Waals surface area contributed by atoms with E-state index in [1.54, 1.807) is 0 Å². The highest BCUT2D eigenvalue weighted by Gasteiger charge is 2.14. The van der Waals surface area contributed by atoms with E-state index in [0.717, 1.165) is 31.4 Å². The van der Waals surface area contributed by atoms with E-state index >= 15 is 0 Å². The van der Waals surface area contributed by atoms with Crippen molar-refractivity contribution in [1.29, 1.82) is 0 Å². The van der Waals surface area contributed by atoms with Gasteiger partial charge in [0, 0.05) is 23.3 Å². The maximum Gasteiger partial charge on any atom is 0.191 e. The molecule has 25 heavy (non-hydrogen) atoms. The van der Waals surface area contributed by atoms with Gasteiger partial charge in [0.2, 0.25) is 0 Å². The molecule has 144 valence electrons. The number of halogens is 1. The van der Waals surface area contributed by atoms with E-state index in [0.29, 0.717) is 0 Å². The quantitative estimate of drug-likeness (QED) is 0.256. The molecule has 0 saturated carbocycles. The van der Waals surface area contributed by atoms with Crippen molar-refractivity contribution in [3.63, 3.8) is 0 Å². The summed E-state index contributed by atoms with van der Waals surface area (Å²) in [6.07, 6.45) is 6.33. The van der Waals surface area contributed by atoms with Crippen LogP contribution < -0.4 is 10.6 Å². The number of aliphatic imine (C=N–C) groups is 1. The van der Waals surface area contributed by atoms with Crippen LogP contribution >= 0.6 is 35.3 Å². The molecule has 0 radical (unpaired) electrons. The highest BCUT2D eigenvalue weighted by atomic mass is 127. The summed E-state index contributed by atoms with van der Waals surface area (Å²) in [5, 5.41) is 6.84. The minimum absolute atomic E-state index is 0. The molecule has 2 N–H and O–H groups in total. The predicted octanol–water partition coefficient (Wildman–Crippen LogP) is 4.11. The molecule has 2 rings (SSSR count). The molecule has 1 saturated heterocycles. The average molecular weight is 478 g/mol. The third kappa shape index (κ3) is 8.73. The summed E-state index contributed by atoms with van der Waals surface area (Å²) in [6.45, 7) is 10.3. The number of nitrogens with zero attached hydrogens (tertiary/aromatic N) is 2. The second-order valence-corrected chi connectivity index (χ2v) is 8.06. The fourth-order valence-electron chi connectivity index (χ4n) is 3.05. The van der Waals surface area contributed by atoms with Gasteiger partial charge in [-0.15, -0.1) is 35.3 Å². The van der Waals surface area contributed by atoms with E-state index in [1.165, 1.54) is 55.1 Å². The minimum atomic E-state index is 0. The number of rotatable bonds is 8. The van der Waals surface area contributed by atoms with Crippen molar-refractivity contribution in [2.45, 2.75) is 52.5 Å². The number of piperidine rings is 1. The molecule has 0 aliphatic carbocycles. The van der Waals surface area contributed by atoms with Crippen LogP contribution in [0.15, 0.2) is 17.1 Å². The lowest BCUT2D eigenvalue weighted by atomic mass is 9.99. The minimum Gasteiger partial charge on any atom is -0.356 e. The first-order valence-electron chi connectivity index (χ1n) is 9.45. The van der Waals surface area contributed by atoms with E-state index in [4.69, 9.17) is 0 Å². The summed E-state index contributed by atoms with van der Waals surface area (Å²) in [6, 6.07) is 4.43. The normalized spacial score (nSPS) is 16.5. The Labute approximate surface area is 174 Å². The number of hydrogen-bond acceptors (Lipinski definition) is 3. The number of hydrogen-bond donors (Lipinski definition) is 2. The molecule has 4 nitrogen and oxygen atoms in total. The fraction of sp³-hybridized carbons (Fsp3) is 0.737. The van der Waals surface area contributed by atoms with Gasteiger partial charge in [-0.25, -0.2) is 0 Å². The largest absolute Gasteiger partial charge is 0.356 e. The van der Waals surface area contributed by atoms with Gasteiger partial charge in [0.25, 0.3) is 0 Å². The topological polar surface area (TPSA) is 39.7 Å². The maximum atomic E-state index is 4.31. The lowest BCUT2D eigenvalue weighted by molar-refractivity contribution is 0.189. The Morgan fingerprint density at radius 3 is 2.56 bits per heavy atom. The zero-order valence-corrected chi connectivity index (χ0v) is 19.2. The average Bonchev–Trinajstić information content (AvgIpc) is 3.07. The van der Waals surface area contributed by atoms with Crippen LogP contribution in [-0.4, -0.2) is 44.1 Å².